The molecule has 3 nitrogen and oxygen atoms in total. The van der Waals surface area contributed by atoms with Gasteiger partial charge in [0.25, 0.3) is 0 Å². The number of rotatable bonds is 5. The van der Waals surface area contributed by atoms with Crippen molar-refractivity contribution in [3.63, 3.8) is 0 Å². The molecule has 0 spiro atoms. The van der Waals surface area contributed by atoms with Crippen molar-refractivity contribution >= 4 is 5.97 Å². The van der Waals surface area contributed by atoms with Gasteiger partial charge in [0.2, 0.25) is 0 Å². The average molecular weight is 253 g/mol. The predicted molar refractivity (Wildman–Crippen MR) is 74.5 cm³/mol. The smallest absolute Gasteiger partial charge is 0.307 e. The fourth-order valence-corrected chi connectivity index (χ4v) is 3.00. The molecule has 18 heavy (non-hydrogen) atoms. The van der Waals surface area contributed by atoms with E-state index in [1.165, 1.54) is 5.57 Å². The highest BCUT2D eigenvalue weighted by atomic mass is 16.4. The lowest BCUT2D eigenvalue weighted by Gasteiger charge is -2.46. The molecule has 1 saturated carbocycles. The SMILES string of the molecule is C=C(C)CCNC1CCC(C(=O)O)C(C)(C)C1C. The molecular weight excluding hydrogens is 226 g/mol. The van der Waals surface area contributed by atoms with Crippen LogP contribution < -0.4 is 5.32 Å². The summed E-state index contributed by atoms with van der Waals surface area (Å²) in [6.45, 7) is 13.2. The summed E-state index contributed by atoms with van der Waals surface area (Å²) in [6, 6.07) is 0.426. The Hall–Kier alpha value is -0.830. The summed E-state index contributed by atoms with van der Waals surface area (Å²) in [5, 5.41) is 12.9. The van der Waals surface area contributed by atoms with E-state index in [-0.39, 0.29) is 11.3 Å². The molecule has 0 radical (unpaired) electrons. The number of aliphatic carboxylic acids is 1. The zero-order valence-electron chi connectivity index (χ0n) is 12.1. The number of carbonyl (C=O) groups is 1. The van der Waals surface area contributed by atoms with Gasteiger partial charge in [-0.3, -0.25) is 4.79 Å². The van der Waals surface area contributed by atoms with Crippen molar-refractivity contribution in [2.75, 3.05) is 6.54 Å². The van der Waals surface area contributed by atoms with E-state index < -0.39 is 5.97 Å². The third-order valence-corrected chi connectivity index (χ3v) is 4.70. The van der Waals surface area contributed by atoms with Crippen LogP contribution in [0.25, 0.3) is 0 Å². The second kappa shape index (κ2) is 5.87. The van der Waals surface area contributed by atoms with Gasteiger partial charge in [-0.1, -0.05) is 26.3 Å². The molecule has 3 unspecified atom stereocenters. The van der Waals surface area contributed by atoms with E-state index in [1.54, 1.807) is 0 Å². The van der Waals surface area contributed by atoms with Crippen LogP contribution in [0.5, 0.6) is 0 Å². The summed E-state index contributed by atoms with van der Waals surface area (Å²) in [7, 11) is 0. The van der Waals surface area contributed by atoms with Crippen LogP contribution >= 0.6 is 0 Å². The number of hydrogen-bond acceptors (Lipinski definition) is 2. The van der Waals surface area contributed by atoms with Crippen LogP contribution in [-0.2, 0) is 4.79 Å². The average Bonchev–Trinajstić information content (AvgIpc) is 2.23. The molecule has 1 aliphatic carbocycles. The lowest BCUT2D eigenvalue weighted by atomic mass is 9.61. The van der Waals surface area contributed by atoms with Crippen LogP contribution in [-0.4, -0.2) is 23.7 Å². The van der Waals surface area contributed by atoms with Crippen LogP contribution in [0.1, 0.15) is 47.0 Å². The van der Waals surface area contributed by atoms with Crippen molar-refractivity contribution < 1.29 is 9.90 Å². The Kier molecular flexibility index (Phi) is 4.97. The molecule has 3 heteroatoms. The third-order valence-electron chi connectivity index (χ3n) is 4.70. The highest BCUT2D eigenvalue weighted by Gasteiger charge is 2.45. The van der Waals surface area contributed by atoms with Gasteiger partial charge < -0.3 is 10.4 Å². The molecule has 1 rings (SSSR count). The van der Waals surface area contributed by atoms with E-state index >= 15 is 0 Å². The summed E-state index contributed by atoms with van der Waals surface area (Å²) in [5.41, 5.74) is 1.04. The van der Waals surface area contributed by atoms with Crippen molar-refractivity contribution in [3.05, 3.63) is 12.2 Å². The first kappa shape index (κ1) is 15.2. The highest BCUT2D eigenvalue weighted by Crippen LogP contribution is 2.45. The molecule has 0 aromatic carbocycles. The van der Waals surface area contributed by atoms with Crippen LogP contribution in [0.3, 0.4) is 0 Å². The van der Waals surface area contributed by atoms with Gasteiger partial charge in [-0.2, -0.15) is 0 Å². The molecule has 0 saturated heterocycles. The van der Waals surface area contributed by atoms with Gasteiger partial charge in [0.1, 0.15) is 0 Å². The maximum atomic E-state index is 11.3. The summed E-state index contributed by atoms with van der Waals surface area (Å²) in [5.74, 6) is -0.489. The lowest BCUT2D eigenvalue weighted by molar-refractivity contribution is -0.150. The zero-order valence-corrected chi connectivity index (χ0v) is 12.1. The van der Waals surface area contributed by atoms with E-state index in [9.17, 15) is 9.90 Å². The quantitative estimate of drug-likeness (QED) is 0.740. The Morgan fingerprint density at radius 1 is 1.44 bits per heavy atom. The maximum Gasteiger partial charge on any atom is 0.307 e. The minimum Gasteiger partial charge on any atom is -0.481 e. The second-order valence-electron chi connectivity index (χ2n) is 6.35. The first-order valence-electron chi connectivity index (χ1n) is 6.87. The van der Waals surface area contributed by atoms with E-state index in [2.05, 4.69) is 32.7 Å². The molecule has 1 aliphatic rings. The number of carboxylic acid groups (broad SMARTS) is 1. The van der Waals surface area contributed by atoms with E-state index in [4.69, 9.17) is 0 Å². The van der Waals surface area contributed by atoms with Crippen molar-refractivity contribution in [3.8, 4) is 0 Å². The van der Waals surface area contributed by atoms with Gasteiger partial charge >= 0.3 is 5.97 Å². The monoisotopic (exact) mass is 253 g/mol. The molecule has 0 bridgehead atoms. The standard InChI is InChI=1S/C15H27NO2/c1-10(2)8-9-16-13-7-6-12(14(17)18)15(4,5)11(13)3/h11-13,16H,1,6-9H2,2-5H3,(H,17,18). The summed E-state index contributed by atoms with van der Waals surface area (Å²) >= 11 is 0. The molecule has 2 N–H and O–H groups in total. The summed E-state index contributed by atoms with van der Waals surface area (Å²) in [4.78, 5) is 11.3. The van der Waals surface area contributed by atoms with Crippen molar-refractivity contribution in [1.82, 2.24) is 5.32 Å². The molecule has 3 atom stereocenters. The third kappa shape index (κ3) is 3.35. The van der Waals surface area contributed by atoms with Crippen molar-refractivity contribution in [2.24, 2.45) is 17.3 Å². The topological polar surface area (TPSA) is 49.3 Å². The van der Waals surface area contributed by atoms with E-state index in [0.717, 1.165) is 25.8 Å². The minimum atomic E-state index is -0.646. The fraction of sp³-hybridized carbons (Fsp3) is 0.800. The molecule has 1 fully saturated rings. The van der Waals surface area contributed by atoms with Crippen LogP contribution in [0.15, 0.2) is 12.2 Å². The van der Waals surface area contributed by atoms with Crippen LogP contribution in [0.4, 0.5) is 0 Å². The zero-order chi connectivity index (χ0) is 13.9. The molecule has 0 aromatic heterocycles. The van der Waals surface area contributed by atoms with Crippen molar-refractivity contribution in [2.45, 2.75) is 53.0 Å². The van der Waals surface area contributed by atoms with Crippen molar-refractivity contribution in [1.29, 1.82) is 0 Å². The Bertz CT molecular complexity index is 320. The number of nitrogens with one attached hydrogen (secondary N) is 1. The molecule has 0 heterocycles. The van der Waals surface area contributed by atoms with Crippen LogP contribution in [0, 0.1) is 17.3 Å². The summed E-state index contributed by atoms with van der Waals surface area (Å²) < 4.78 is 0. The normalized spacial score (nSPS) is 31.0. The second-order valence-corrected chi connectivity index (χ2v) is 6.35. The largest absolute Gasteiger partial charge is 0.481 e. The van der Waals surface area contributed by atoms with Gasteiger partial charge in [0, 0.05) is 6.04 Å². The van der Waals surface area contributed by atoms with Gasteiger partial charge in [-0.05, 0) is 44.1 Å². The Labute approximate surface area is 111 Å². The minimum absolute atomic E-state index is 0.148. The molecule has 0 aliphatic heterocycles. The van der Waals surface area contributed by atoms with Gasteiger partial charge in [-0.25, -0.2) is 0 Å². The van der Waals surface area contributed by atoms with E-state index in [1.807, 2.05) is 6.92 Å². The lowest BCUT2D eigenvalue weighted by Crippen LogP contribution is -2.51. The Morgan fingerprint density at radius 2 is 2.06 bits per heavy atom. The molecule has 0 aromatic rings. The Morgan fingerprint density at radius 3 is 2.56 bits per heavy atom. The highest BCUT2D eigenvalue weighted by molar-refractivity contribution is 5.71. The number of carboxylic acids is 1. The first-order chi connectivity index (χ1) is 8.26. The molecule has 0 amide bonds. The van der Waals surface area contributed by atoms with Gasteiger partial charge in [-0.15, -0.1) is 6.58 Å². The Balaban J connectivity index is 2.60. The van der Waals surface area contributed by atoms with Crippen LogP contribution in [0.2, 0.25) is 0 Å². The van der Waals surface area contributed by atoms with Gasteiger partial charge in [0.15, 0.2) is 0 Å². The maximum absolute atomic E-state index is 11.3. The first-order valence-corrected chi connectivity index (χ1v) is 6.87. The number of hydrogen-bond donors (Lipinski definition) is 2. The van der Waals surface area contributed by atoms with E-state index in [0.29, 0.717) is 12.0 Å². The summed E-state index contributed by atoms with van der Waals surface area (Å²) in [6.07, 6.45) is 2.72. The molecular formula is C15H27NO2. The predicted octanol–water partition coefficient (Wildman–Crippen LogP) is 3.07. The fourth-order valence-electron chi connectivity index (χ4n) is 3.00. The molecule has 104 valence electrons. The van der Waals surface area contributed by atoms with Gasteiger partial charge in [0.05, 0.1) is 5.92 Å².